The van der Waals surface area contributed by atoms with E-state index in [1.165, 1.54) is 6.34 Å². The summed E-state index contributed by atoms with van der Waals surface area (Å²) >= 11 is 3.31. The second-order valence-electron chi connectivity index (χ2n) is 2.99. The van der Waals surface area contributed by atoms with Gasteiger partial charge < -0.3 is 4.74 Å². The Bertz CT molecular complexity index is 397. The summed E-state index contributed by atoms with van der Waals surface area (Å²) < 4.78 is 5.62. The van der Waals surface area contributed by atoms with Crippen molar-refractivity contribution in [3.05, 3.63) is 34.6 Å². The molecule has 0 aromatic heterocycles. The van der Waals surface area contributed by atoms with Gasteiger partial charge in [-0.1, -0.05) is 6.58 Å². The summed E-state index contributed by atoms with van der Waals surface area (Å²) in [6.45, 7) is 5.92. The number of hydrogen-bond acceptors (Lipinski definition) is 3. The number of carbonyl (C=O) groups is 1. The van der Waals surface area contributed by atoms with Crippen molar-refractivity contribution in [1.29, 1.82) is 0 Å². The molecule has 0 saturated carbocycles. The minimum absolute atomic E-state index is 0.329. The number of carbonyl (C=O) groups excluding carboxylic acids is 1. The van der Waals surface area contributed by atoms with Crippen LogP contribution in [-0.4, -0.2) is 30.9 Å². The molecule has 0 bridgehead atoms. The fourth-order valence-electron chi connectivity index (χ4n) is 1.23. The van der Waals surface area contributed by atoms with Crippen molar-refractivity contribution in [1.82, 2.24) is 4.90 Å². The predicted molar refractivity (Wildman–Crippen MR) is 67.1 cm³/mol. The fourth-order valence-corrected chi connectivity index (χ4v) is 1.72. The van der Waals surface area contributed by atoms with Crippen LogP contribution in [0.2, 0.25) is 0 Å². The van der Waals surface area contributed by atoms with Crippen molar-refractivity contribution in [2.24, 2.45) is 4.99 Å². The van der Waals surface area contributed by atoms with Crippen molar-refractivity contribution in [2.75, 3.05) is 13.7 Å². The average molecular weight is 285 g/mol. The molecule has 4 nitrogen and oxygen atoms in total. The first-order chi connectivity index (χ1) is 7.61. The topological polar surface area (TPSA) is 41.9 Å². The van der Waals surface area contributed by atoms with Crippen molar-refractivity contribution < 1.29 is 9.53 Å². The van der Waals surface area contributed by atoms with Gasteiger partial charge in [-0.2, -0.15) is 0 Å². The summed E-state index contributed by atoms with van der Waals surface area (Å²) in [5, 5.41) is 0. The lowest BCUT2D eigenvalue weighted by molar-refractivity contribution is -0.139. The van der Waals surface area contributed by atoms with E-state index < -0.39 is 5.97 Å². The molecule has 0 N–H and O–H groups in total. The predicted octanol–water partition coefficient (Wildman–Crippen LogP) is 2.20. The number of halogens is 1. The van der Waals surface area contributed by atoms with Crippen molar-refractivity contribution >= 4 is 28.2 Å². The Morgan fingerprint density at radius 3 is 2.94 bits per heavy atom. The lowest BCUT2D eigenvalue weighted by Crippen LogP contribution is -2.28. The van der Waals surface area contributed by atoms with Gasteiger partial charge in [0, 0.05) is 17.2 Å². The number of nitrogens with zero attached hydrogens (tertiary/aromatic N) is 2. The van der Waals surface area contributed by atoms with E-state index in [-0.39, 0.29) is 0 Å². The van der Waals surface area contributed by atoms with Crippen LogP contribution in [0.15, 0.2) is 39.6 Å². The number of ether oxygens (including phenoxy) is 1. The third-order valence-electron chi connectivity index (χ3n) is 1.90. The molecule has 0 radical (unpaired) electrons. The molecule has 86 valence electrons. The number of esters is 1. The SMILES string of the molecule is C=C1C=CC(Br)=C(C(=O)OCC)N1C=NC. The van der Waals surface area contributed by atoms with Gasteiger partial charge in [-0.3, -0.25) is 9.89 Å². The van der Waals surface area contributed by atoms with Crippen LogP contribution >= 0.6 is 15.9 Å². The van der Waals surface area contributed by atoms with Gasteiger partial charge in [-0.15, -0.1) is 0 Å². The molecule has 0 unspecified atom stereocenters. The molecule has 0 atom stereocenters. The molecular weight excluding hydrogens is 272 g/mol. The highest BCUT2D eigenvalue weighted by atomic mass is 79.9. The molecule has 1 aliphatic rings. The van der Waals surface area contributed by atoms with Crippen LogP contribution < -0.4 is 0 Å². The van der Waals surface area contributed by atoms with Gasteiger partial charge in [0.15, 0.2) is 0 Å². The Morgan fingerprint density at radius 1 is 1.69 bits per heavy atom. The summed E-state index contributed by atoms with van der Waals surface area (Å²) in [6, 6.07) is 0. The van der Waals surface area contributed by atoms with Gasteiger partial charge in [0.2, 0.25) is 0 Å². The highest BCUT2D eigenvalue weighted by molar-refractivity contribution is 9.11. The second kappa shape index (κ2) is 5.65. The van der Waals surface area contributed by atoms with Crippen molar-refractivity contribution in [2.45, 2.75) is 6.92 Å². The molecule has 0 aromatic carbocycles. The van der Waals surface area contributed by atoms with Crippen LogP contribution in [0.3, 0.4) is 0 Å². The zero-order valence-corrected chi connectivity index (χ0v) is 10.8. The summed E-state index contributed by atoms with van der Waals surface area (Å²) in [4.78, 5) is 17.2. The zero-order valence-electron chi connectivity index (χ0n) is 9.24. The molecule has 1 heterocycles. The van der Waals surface area contributed by atoms with Crippen LogP contribution in [0.25, 0.3) is 0 Å². The molecule has 1 aliphatic heterocycles. The Labute approximate surface area is 103 Å². The summed E-state index contributed by atoms with van der Waals surface area (Å²) in [7, 11) is 1.63. The van der Waals surface area contributed by atoms with Crippen LogP contribution in [0, 0.1) is 0 Å². The maximum Gasteiger partial charge on any atom is 0.356 e. The normalized spacial score (nSPS) is 16.2. The molecular formula is C11H13BrN2O2. The van der Waals surface area contributed by atoms with Crippen LogP contribution in [-0.2, 0) is 9.53 Å². The van der Waals surface area contributed by atoms with Crippen LogP contribution in [0.1, 0.15) is 6.92 Å². The van der Waals surface area contributed by atoms with E-state index in [1.54, 1.807) is 31.0 Å². The molecule has 0 aromatic rings. The van der Waals surface area contributed by atoms with E-state index in [4.69, 9.17) is 4.74 Å². The minimum atomic E-state index is -0.403. The monoisotopic (exact) mass is 284 g/mol. The highest BCUT2D eigenvalue weighted by Crippen LogP contribution is 2.26. The molecule has 0 fully saturated rings. The standard InChI is InChI=1S/C11H13BrN2O2/c1-4-16-11(15)10-9(12)6-5-8(2)14(10)7-13-3/h5-7H,2,4H2,1,3H3. The van der Waals surface area contributed by atoms with E-state index in [0.717, 1.165) is 0 Å². The van der Waals surface area contributed by atoms with Crippen molar-refractivity contribution in [3.8, 4) is 0 Å². The number of rotatable bonds is 3. The van der Waals surface area contributed by atoms with Gasteiger partial charge >= 0.3 is 5.97 Å². The molecule has 16 heavy (non-hydrogen) atoms. The van der Waals surface area contributed by atoms with E-state index >= 15 is 0 Å². The van der Waals surface area contributed by atoms with E-state index in [2.05, 4.69) is 27.5 Å². The minimum Gasteiger partial charge on any atom is -0.461 e. The largest absolute Gasteiger partial charge is 0.461 e. The number of aliphatic imine (C=N–C) groups is 1. The summed E-state index contributed by atoms with van der Waals surface area (Å²) in [5.74, 6) is -0.403. The summed E-state index contributed by atoms with van der Waals surface area (Å²) in [5.41, 5.74) is 1.05. The number of hydrogen-bond donors (Lipinski definition) is 0. The lowest BCUT2D eigenvalue weighted by Gasteiger charge is -2.25. The van der Waals surface area contributed by atoms with Crippen molar-refractivity contribution in [3.63, 3.8) is 0 Å². The second-order valence-corrected chi connectivity index (χ2v) is 3.84. The van der Waals surface area contributed by atoms with Crippen LogP contribution in [0.4, 0.5) is 0 Å². The first-order valence-corrected chi connectivity index (χ1v) is 5.56. The average Bonchev–Trinajstić information content (AvgIpc) is 2.24. The van der Waals surface area contributed by atoms with E-state index in [1.807, 2.05) is 0 Å². The smallest absolute Gasteiger partial charge is 0.356 e. The van der Waals surface area contributed by atoms with E-state index in [9.17, 15) is 4.79 Å². The Kier molecular flexibility index (Phi) is 4.49. The van der Waals surface area contributed by atoms with Gasteiger partial charge in [0.25, 0.3) is 0 Å². The number of allylic oxidation sites excluding steroid dienone is 3. The van der Waals surface area contributed by atoms with E-state index in [0.29, 0.717) is 22.5 Å². The Balaban J connectivity index is 3.10. The maximum atomic E-state index is 11.8. The summed E-state index contributed by atoms with van der Waals surface area (Å²) in [6.07, 6.45) is 5.07. The molecule has 0 aliphatic carbocycles. The first-order valence-electron chi connectivity index (χ1n) is 4.77. The lowest BCUT2D eigenvalue weighted by atomic mass is 10.2. The van der Waals surface area contributed by atoms with Crippen LogP contribution in [0.5, 0.6) is 0 Å². The van der Waals surface area contributed by atoms with Gasteiger partial charge in [0.1, 0.15) is 5.70 Å². The van der Waals surface area contributed by atoms with Gasteiger partial charge in [-0.05, 0) is 35.0 Å². The quantitative estimate of drug-likeness (QED) is 0.453. The molecule has 5 heteroatoms. The fraction of sp³-hybridized carbons (Fsp3) is 0.273. The van der Waals surface area contributed by atoms with Gasteiger partial charge in [-0.25, -0.2) is 4.79 Å². The molecule has 0 saturated heterocycles. The molecule has 1 rings (SSSR count). The Hall–Kier alpha value is -1.36. The third kappa shape index (κ3) is 2.61. The molecule has 0 spiro atoms. The Morgan fingerprint density at radius 2 is 2.38 bits per heavy atom. The third-order valence-corrected chi connectivity index (χ3v) is 2.54. The van der Waals surface area contributed by atoms with Gasteiger partial charge in [0.05, 0.1) is 12.9 Å². The molecule has 0 amide bonds. The maximum absolute atomic E-state index is 11.8. The first kappa shape index (κ1) is 12.7. The zero-order chi connectivity index (χ0) is 12.1. The highest BCUT2D eigenvalue weighted by Gasteiger charge is 2.24.